The van der Waals surface area contributed by atoms with Crippen molar-refractivity contribution in [3.8, 4) is 0 Å². The molecule has 0 aromatic heterocycles. The molecule has 0 saturated heterocycles. The molecule has 0 spiro atoms. The Morgan fingerprint density at radius 1 is 0.733 bits per heavy atom. The lowest BCUT2D eigenvalue weighted by Crippen LogP contribution is -1.87. The maximum absolute atomic E-state index is 2.28. The molecule has 0 bridgehead atoms. The first-order valence-electron chi connectivity index (χ1n) is 5.37. The molecule has 2 aromatic rings. The van der Waals surface area contributed by atoms with Crippen molar-refractivity contribution in [3.63, 3.8) is 0 Å². The first kappa shape index (κ1) is 9.97. The Bertz CT molecular complexity index is 336. The van der Waals surface area contributed by atoms with Crippen LogP contribution in [0, 0.1) is 6.42 Å². The number of hydrogen-bond acceptors (Lipinski definition) is 0. The molecule has 0 heterocycles. The summed E-state index contributed by atoms with van der Waals surface area (Å²) in [5.74, 6) is 0. The fourth-order valence-corrected chi connectivity index (χ4v) is 1.64. The minimum atomic E-state index is 1.11. The maximum Gasteiger partial charge on any atom is -0.00898 e. The topological polar surface area (TPSA) is 0 Å². The highest BCUT2D eigenvalue weighted by Gasteiger charge is 1.94. The first-order valence-corrected chi connectivity index (χ1v) is 5.37. The normalized spacial score (nSPS) is 10.1. The van der Waals surface area contributed by atoms with E-state index in [9.17, 15) is 0 Å². The molecule has 2 aromatic carbocycles. The van der Waals surface area contributed by atoms with Gasteiger partial charge >= 0.3 is 0 Å². The van der Waals surface area contributed by atoms with Crippen LogP contribution >= 0.6 is 0 Å². The third-order valence-electron chi connectivity index (χ3n) is 2.46. The highest BCUT2D eigenvalue weighted by Crippen LogP contribution is 2.09. The average Bonchev–Trinajstić information content (AvgIpc) is 2.32. The maximum atomic E-state index is 2.28. The number of hydrogen-bond donors (Lipinski definition) is 0. The van der Waals surface area contributed by atoms with Crippen LogP contribution in [0.3, 0.4) is 0 Å². The van der Waals surface area contributed by atoms with Crippen molar-refractivity contribution in [2.75, 3.05) is 0 Å². The van der Waals surface area contributed by atoms with Crippen LogP contribution in [0.2, 0.25) is 0 Å². The van der Waals surface area contributed by atoms with Gasteiger partial charge in [-0.05, 0) is 30.4 Å². The molecule has 15 heavy (non-hydrogen) atoms. The Kier molecular flexibility index (Phi) is 3.56. The minimum absolute atomic E-state index is 1.11. The Labute approximate surface area is 91.6 Å². The van der Waals surface area contributed by atoms with Crippen molar-refractivity contribution < 1.29 is 0 Å². The summed E-state index contributed by atoms with van der Waals surface area (Å²) in [5, 5.41) is 0. The molecule has 0 heteroatoms. The summed E-state index contributed by atoms with van der Waals surface area (Å²) in [4.78, 5) is 0. The van der Waals surface area contributed by atoms with Crippen LogP contribution in [0.25, 0.3) is 0 Å². The molecular formula is C15H15. The summed E-state index contributed by atoms with van der Waals surface area (Å²) in [6, 6.07) is 21.1. The molecule has 0 amide bonds. The monoisotopic (exact) mass is 195 g/mol. The molecule has 75 valence electrons. The highest BCUT2D eigenvalue weighted by atomic mass is 14.0. The van der Waals surface area contributed by atoms with Gasteiger partial charge in [0.05, 0.1) is 0 Å². The van der Waals surface area contributed by atoms with Gasteiger partial charge in [-0.25, -0.2) is 0 Å². The second-order valence-electron chi connectivity index (χ2n) is 3.64. The molecule has 2 rings (SSSR count). The van der Waals surface area contributed by atoms with Gasteiger partial charge in [0.1, 0.15) is 0 Å². The van der Waals surface area contributed by atoms with Crippen molar-refractivity contribution >= 4 is 0 Å². The summed E-state index contributed by atoms with van der Waals surface area (Å²) in [7, 11) is 0. The predicted octanol–water partition coefficient (Wildman–Crippen LogP) is 3.87. The average molecular weight is 195 g/mol. The molecule has 0 unspecified atom stereocenters. The second kappa shape index (κ2) is 5.35. The largest absolute Gasteiger partial charge is 0.0622 e. The van der Waals surface area contributed by atoms with Gasteiger partial charge in [-0.15, -0.1) is 0 Å². The zero-order chi connectivity index (χ0) is 10.3. The fraction of sp³-hybridized carbons (Fsp3) is 0.133. The third kappa shape index (κ3) is 3.25. The number of rotatable bonds is 4. The van der Waals surface area contributed by atoms with Crippen molar-refractivity contribution in [3.05, 3.63) is 78.2 Å². The van der Waals surface area contributed by atoms with E-state index in [1.165, 1.54) is 11.1 Å². The van der Waals surface area contributed by atoms with Gasteiger partial charge in [0.25, 0.3) is 0 Å². The molecule has 0 aliphatic carbocycles. The number of benzene rings is 2. The highest BCUT2D eigenvalue weighted by molar-refractivity contribution is 5.23. The van der Waals surface area contributed by atoms with Gasteiger partial charge in [0.2, 0.25) is 0 Å². The zero-order valence-corrected chi connectivity index (χ0v) is 8.77. The summed E-state index contributed by atoms with van der Waals surface area (Å²) in [6.45, 7) is 0. The van der Waals surface area contributed by atoms with Crippen LogP contribution < -0.4 is 0 Å². The van der Waals surface area contributed by atoms with Crippen LogP contribution in [0.5, 0.6) is 0 Å². The molecule has 0 fully saturated rings. The van der Waals surface area contributed by atoms with E-state index in [0.29, 0.717) is 0 Å². The molecular weight excluding hydrogens is 180 g/mol. The van der Waals surface area contributed by atoms with E-state index in [4.69, 9.17) is 0 Å². The standard InChI is InChI=1S/C15H15/c1-3-8-14(9-4-1)12-7-13-15-10-5-2-6-11-15/h1-6,8-12H,7,13H2. The SMILES string of the molecule is [CH](CCc1ccccc1)c1ccccc1. The summed E-state index contributed by atoms with van der Waals surface area (Å²) in [5.41, 5.74) is 2.72. The molecule has 0 nitrogen and oxygen atoms in total. The Morgan fingerprint density at radius 3 is 2.00 bits per heavy atom. The van der Waals surface area contributed by atoms with Gasteiger partial charge in [0, 0.05) is 0 Å². The van der Waals surface area contributed by atoms with Crippen molar-refractivity contribution in [2.45, 2.75) is 12.8 Å². The zero-order valence-electron chi connectivity index (χ0n) is 8.77. The van der Waals surface area contributed by atoms with Crippen molar-refractivity contribution in [1.29, 1.82) is 0 Å². The van der Waals surface area contributed by atoms with E-state index in [2.05, 4.69) is 67.1 Å². The predicted molar refractivity (Wildman–Crippen MR) is 64.6 cm³/mol. The van der Waals surface area contributed by atoms with E-state index < -0.39 is 0 Å². The minimum Gasteiger partial charge on any atom is -0.0622 e. The van der Waals surface area contributed by atoms with Gasteiger partial charge in [-0.3, -0.25) is 0 Å². The van der Waals surface area contributed by atoms with Crippen LogP contribution in [0.1, 0.15) is 17.5 Å². The Morgan fingerprint density at radius 2 is 1.33 bits per heavy atom. The van der Waals surface area contributed by atoms with Gasteiger partial charge < -0.3 is 0 Å². The van der Waals surface area contributed by atoms with Gasteiger partial charge in [-0.1, -0.05) is 60.7 Å². The smallest absolute Gasteiger partial charge is 0.00898 e. The molecule has 0 N–H and O–H groups in total. The summed E-state index contributed by atoms with van der Waals surface area (Å²) >= 11 is 0. The van der Waals surface area contributed by atoms with E-state index in [1.54, 1.807) is 0 Å². The molecule has 0 aliphatic rings. The van der Waals surface area contributed by atoms with Crippen LogP contribution in [-0.2, 0) is 6.42 Å². The summed E-state index contributed by atoms with van der Waals surface area (Å²) < 4.78 is 0. The van der Waals surface area contributed by atoms with E-state index in [0.717, 1.165) is 12.8 Å². The quantitative estimate of drug-likeness (QED) is 0.694. The van der Waals surface area contributed by atoms with Gasteiger partial charge in [-0.2, -0.15) is 0 Å². The van der Waals surface area contributed by atoms with Gasteiger partial charge in [0.15, 0.2) is 0 Å². The van der Waals surface area contributed by atoms with E-state index in [1.807, 2.05) is 0 Å². The van der Waals surface area contributed by atoms with Crippen LogP contribution in [0.15, 0.2) is 60.7 Å². The van der Waals surface area contributed by atoms with Crippen LogP contribution in [-0.4, -0.2) is 0 Å². The third-order valence-corrected chi connectivity index (χ3v) is 2.46. The molecule has 0 aliphatic heterocycles. The first-order chi connectivity index (χ1) is 7.45. The second-order valence-corrected chi connectivity index (χ2v) is 3.64. The van der Waals surface area contributed by atoms with E-state index in [-0.39, 0.29) is 0 Å². The molecule has 0 atom stereocenters. The Hall–Kier alpha value is -1.56. The lowest BCUT2D eigenvalue weighted by Gasteiger charge is -2.01. The lowest BCUT2D eigenvalue weighted by atomic mass is 10.0. The van der Waals surface area contributed by atoms with Crippen molar-refractivity contribution in [2.24, 2.45) is 0 Å². The lowest BCUT2D eigenvalue weighted by molar-refractivity contribution is 0.951. The van der Waals surface area contributed by atoms with E-state index >= 15 is 0 Å². The van der Waals surface area contributed by atoms with Crippen molar-refractivity contribution in [1.82, 2.24) is 0 Å². The number of aryl methyl sites for hydroxylation is 1. The summed E-state index contributed by atoms with van der Waals surface area (Å²) in [6.07, 6.45) is 4.51. The Balaban J connectivity index is 1.81. The molecule has 0 saturated carbocycles. The fourth-order valence-electron chi connectivity index (χ4n) is 1.64. The molecule has 1 radical (unpaired) electrons. The van der Waals surface area contributed by atoms with Crippen LogP contribution in [0.4, 0.5) is 0 Å².